The summed E-state index contributed by atoms with van der Waals surface area (Å²) in [5.74, 6) is 0.784. The van der Waals surface area contributed by atoms with Gasteiger partial charge >= 0.3 is 0 Å². The zero-order valence-corrected chi connectivity index (χ0v) is 13.1. The van der Waals surface area contributed by atoms with Crippen LogP contribution in [0.25, 0.3) is 0 Å². The number of amides is 1. The third-order valence-electron chi connectivity index (χ3n) is 2.62. The average Bonchev–Trinajstić information content (AvgIpc) is 2.84. The van der Waals surface area contributed by atoms with Crippen LogP contribution in [0.5, 0.6) is 5.75 Å². The number of nitrogens with zero attached hydrogens (tertiary/aromatic N) is 1. The van der Waals surface area contributed by atoms with Gasteiger partial charge in [0.1, 0.15) is 12.4 Å². The van der Waals surface area contributed by atoms with E-state index in [9.17, 15) is 4.79 Å². The van der Waals surface area contributed by atoms with Gasteiger partial charge in [-0.25, -0.2) is 0 Å². The molecule has 1 aromatic carbocycles. The van der Waals surface area contributed by atoms with Gasteiger partial charge in [0.05, 0.1) is 6.54 Å². The first-order valence-corrected chi connectivity index (χ1v) is 7.12. The predicted molar refractivity (Wildman–Crippen MR) is 80.3 cm³/mol. The normalized spacial score (nSPS) is 10.3. The van der Waals surface area contributed by atoms with Gasteiger partial charge < -0.3 is 14.1 Å². The van der Waals surface area contributed by atoms with Gasteiger partial charge in [-0.3, -0.25) is 4.79 Å². The molecule has 0 saturated carbocycles. The summed E-state index contributed by atoms with van der Waals surface area (Å²) in [4.78, 5) is 13.5. The largest absolute Gasteiger partial charge is 0.492 e. The van der Waals surface area contributed by atoms with Crippen molar-refractivity contribution in [1.82, 2.24) is 4.90 Å². The molecule has 2 rings (SSSR count). The summed E-state index contributed by atoms with van der Waals surface area (Å²) < 4.78 is 11.3. The van der Waals surface area contributed by atoms with Crippen molar-refractivity contribution in [3.8, 4) is 5.75 Å². The van der Waals surface area contributed by atoms with Crippen LogP contribution < -0.4 is 4.74 Å². The summed E-state index contributed by atoms with van der Waals surface area (Å²) in [5, 5.41) is 0.618. The van der Waals surface area contributed by atoms with Crippen molar-refractivity contribution in [2.75, 3.05) is 20.2 Å². The van der Waals surface area contributed by atoms with Crippen LogP contribution in [0.15, 0.2) is 45.5 Å². The molecule has 1 heterocycles. The second-order valence-electron chi connectivity index (χ2n) is 4.14. The van der Waals surface area contributed by atoms with Crippen LogP contribution in [-0.2, 0) is 0 Å². The van der Waals surface area contributed by atoms with Gasteiger partial charge in [-0.15, -0.1) is 0 Å². The zero-order valence-electron chi connectivity index (χ0n) is 10.8. The molecule has 0 atom stereocenters. The van der Waals surface area contributed by atoms with E-state index in [0.717, 1.165) is 0 Å². The lowest BCUT2D eigenvalue weighted by Gasteiger charge is -2.16. The summed E-state index contributed by atoms with van der Waals surface area (Å²) in [5.41, 5.74) is 0. The van der Waals surface area contributed by atoms with E-state index in [2.05, 4.69) is 15.9 Å². The second kappa shape index (κ2) is 6.81. The first-order valence-electron chi connectivity index (χ1n) is 5.95. The minimum atomic E-state index is -0.189. The maximum Gasteiger partial charge on any atom is 0.289 e. The number of benzene rings is 1. The third kappa shape index (κ3) is 4.02. The molecule has 4 nitrogen and oxygen atoms in total. The van der Waals surface area contributed by atoms with E-state index in [0.29, 0.717) is 34.4 Å². The van der Waals surface area contributed by atoms with Crippen molar-refractivity contribution in [2.45, 2.75) is 0 Å². The standard InChI is InChI=1S/C14H13BrClNO3/c1-17(14(18)12-5-6-13(15)20-12)7-8-19-11-4-2-3-10(16)9-11/h2-6,9H,7-8H2,1H3. The molecule has 1 aromatic heterocycles. The summed E-state index contributed by atoms with van der Waals surface area (Å²) in [7, 11) is 1.69. The number of rotatable bonds is 5. The molecular weight excluding hydrogens is 346 g/mol. The van der Waals surface area contributed by atoms with Gasteiger partial charge in [0.25, 0.3) is 5.91 Å². The van der Waals surface area contributed by atoms with E-state index >= 15 is 0 Å². The van der Waals surface area contributed by atoms with Crippen molar-refractivity contribution in [3.05, 3.63) is 51.9 Å². The van der Waals surface area contributed by atoms with Crippen LogP contribution in [0.1, 0.15) is 10.6 Å². The Hall–Kier alpha value is -1.46. The Kier molecular flexibility index (Phi) is 5.09. The van der Waals surface area contributed by atoms with Crippen molar-refractivity contribution in [3.63, 3.8) is 0 Å². The molecule has 0 radical (unpaired) electrons. The van der Waals surface area contributed by atoms with Crippen LogP contribution in [-0.4, -0.2) is 31.0 Å². The number of likely N-dealkylation sites (N-methyl/N-ethyl adjacent to an activating group) is 1. The number of halogens is 2. The van der Waals surface area contributed by atoms with Crippen LogP contribution in [0.4, 0.5) is 0 Å². The van der Waals surface area contributed by atoms with Gasteiger partial charge in [-0.05, 0) is 46.3 Å². The maximum atomic E-state index is 12.0. The van der Waals surface area contributed by atoms with E-state index in [1.807, 2.05) is 12.1 Å². The molecule has 0 aliphatic heterocycles. The number of ether oxygens (including phenoxy) is 1. The number of hydrogen-bond acceptors (Lipinski definition) is 3. The van der Waals surface area contributed by atoms with E-state index in [1.54, 1.807) is 31.3 Å². The van der Waals surface area contributed by atoms with Crippen LogP contribution in [0.2, 0.25) is 5.02 Å². The third-order valence-corrected chi connectivity index (χ3v) is 3.28. The van der Waals surface area contributed by atoms with Crippen molar-refractivity contribution >= 4 is 33.4 Å². The van der Waals surface area contributed by atoms with Crippen LogP contribution in [0, 0.1) is 0 Å². The molecule has 0 aliphatic carbocycles. The quantitative estimate of drug-likeness (QED) is 0.815. The number of furan rings is 1. The number of carbonyl (C=O) groups excluding carboxylic acids is 1. The Balaban J connectivity index is 1.83. The fourth-order valence-electron chi connectivity index (χ4n) is 1.58. The Morgan fingerprint density at radius 1 is 1.40 bits per heavy atom. The van der Waals surface area contributed by atoms with Crippen molar-refractivity contribution in [2.24, 2.45) is 0 Å². The minimum Gasteiger partial charge on any atom is -0.492 e. The predicted octanol–water partition coefficient (Wildman–Crippen LogP) is 3.85. The van der Waals surface area contributed by atoms with Gasteiger partial charge in [-0.2, -0.15) is 0 Å². The van der Waals surface area contributed by atoms with E-state index < -0.39 is 0 Å². The van der Waals surface area contributed by atoms with Gasteiger partial charge in [-0.1, -0.05) is 17.7 Å². The highest BCUT2D eigenvalue weighted by Crippen LogP contribution is 2.17. The molecule has 0 bridgehead atoms. The molecule has 106 valence electrons. The Labute approximate surface area is 130 Å². The SMILES string of the molecule is CN(CCOc1cccc(Cl)c1)C(=O)c1ccc(Br)o1. The number of carbonyl (C=O) groups is 1. The lowest BCUT2D eigenvalue weighted by Crippen LogP contribution is -2.30. The molecule has 6 heteroatoms. The van der Waals surface area contributed by atoms with Gasteiger partial charge in [0.15, 0.2) is 10.4 Å². The molecule has 0 spiro atoms. The van der Waals surface area contributed by atoms with Crippen molar-refractivity contribution < 1.29 is 13.9 Å². The highest BCUT2D eigenvalue weighted by atomic mass is 79.9. The fourth-order valence-corrected chi connectivity index (χ4v) is 2.06. The number of hydrogen-bond donors (Lipinski definition) is 0. The first kappa shape index (κ1) is 14.9. The molecule has 0 saturated heterocycles. The molecule has 1 amide bonds. The molecule has 0 unspecified atom stereocenters. The van der Waals surface area contributed by atoms with E-state index in [1.165, 1.54) is 4.90 Å². The molecule has 2 aromatic rings. The smallest absolute Gasteiger partial charge is 0.289 e. The Bertz CT molecular complexity index is 600. The minimum absolute atomic E-state index is 0.189. The van der Waals surface area contributed by atoms with Gasteiger partial charge in [0, 0.05) is 12.1 Å². The molecule has 0 aliphatic rings. The average molecular weight is 359 g/mol. The van der Waals surface area contributed by atoms with Crippen LogP contribution in [0.3, 0.4) is 0 Å². The van der Waals surface area contributed by atoms with Crippen molar-refractivity contribution in [1.29, 1.82) is 0 Å². The highest BCUT2D eigenvalue weighted by molar-refractivity contribution is 9.10. The Morgan fingerprint density at radius 3 is 2.85 bits per heavy atom. The summed E-state index contributed by atoms with van der Waals surface area (Å²) in [6.07, 6.45) is 0. The Morgan fingerprint density at radius 2 is 2.20 bits per heavy atom. The topological polar surface area (TPSA) is 42.7 Å². The van der Waals surface area contributed by atoms with E-state index in [-0.39, 0.29) is 5.91 Å². The maximum absolute atomic E-state index is 12.0. The summed E-state index contributed by atoms with van der Waals surface area (Å²) in [6.45, 7) is 0.828. The summed E-state index contributed by atoms with van der Waals surface area (Å²) in [6, 6.07) is 10.4. The molecule has 0 fully saturated rings. The highest BCUT2D eigenvalue weighted by Gasteiger charge is 2.15. The second-order valence-corrected chi connectivity index (χ2v) is 5.35. The van der Waals surface area contributed by atoms with E-state index in [4.69, 9.17) is 20.8 Å². The molecule has 20 heavy (non-hydrogen) atoms. The first-order chi connectivity index (χ1) is 9.56. The lowest BCUT2D eigenvalue weighted by molar-refractivity contribution is 0.0741. The monoisotopic (exact) mass is 357 g/mol. The fraction of sp³-hybridized carbons (Fsp3) is 0.214. The molecule has 0 N–H and O–H groups in total. The lowest BCUT2D eigenvalue weighted by atomic mass is 10.3. The molecular formula is C14H13BrClNO3. The van der Waals surface area contributed by atoms with Gasteiger partial charge in [0.2, 0.25) is 0 Å². The zero-order chi connectivity index (χ0) is 14.5. The summed E-state index contributed by atoms with van der Waals surface area (Å²) >= 11 is 9.02. The van der Waals surface area contributed by atoms with Crippen LogP contribution >= 0.6 is 27.5 Å².